The van der Waals surface area contributed by atoms with Gasteiger partial charge in [-0.05, 0) is 61.6 Å². The van der Waals surface area contributed by atoms with Gasteiger partial charge < -0.3 is 14.8 Å². The van der Waals surface area contributed by atoms with Gasteiger partial charge in [0.25, 0.3) is 0 Å². The van der Waals surface area contributed by atoms with E-state index in [-0.39, 0.29) is 30.4 Å². The third kappa shape index (κ3) is 3.62. The van der Waals surface area contributed by atoms with E-state index < -0.39 is 6.04 Å². The Bertz CT molecular complexity index is 1210. The summed E-state index contributed by atoms with van der Waals surface area (Å²) in [5.41, 5.74) is 4.69. The molecule has 176 valence electrons. The van der Waals surface area contributed by atoms with E-state index in [0.717, 1.165) is 49.7 Å². The minimum Gasteiger partial charge on any atom is -0.356 e. The molecule has 2 fully saturated rings. The highest BCUT2D eigenvalue weighted by Gasteiger charge is 2.48. The Morgan fingerprint density at radius 1 is 0.941 bits per heavy atom. The number of aromatic amines is 1. The number of H-pyrrole nitrogens is 1. The number of nitrogens with one attached hydrogen (secondary N) is 1. The number of para-hydroxylation sites is 1. The summed E-state index contributed by atoms with van der Waals surface area (Å²) in [4.78, 5) is 35.1. The molecular weight excluding hydrogens is 422 g/mol. The molecule has 3 aromatic rings. The molecule has 0 radical (unpaired) electrons. The average Bonchev–Trinajstić information content (AvgIpc) is 3.24. The number of hydrogen-bond acceptors (Lipinski definition) is 2. The molecule has 0 spiro atoms. The SMILES string of the molecule is CC1CCC(N2CC(=O)N3C(Cc4c([nH]c5ccccc45)C3CCc3ccccc3)C2=O)CC1. The van der Waals surface area contributed by atoms with Gasteiger partial charge in [-0.25, -0.2) is 0 Å². The van der Waals surface area contributed by atoms with E-state index in [0.29, 0.717) is 12.3 Å². The number of nitrogens with zero attached hydrogens (tertiary/aromatic N) is 2. The van der Waals surface area contributed by atoms with E-state index >= 15 is 0 Å². The molecule has 6 rings (SSSR count). The molecule has 1 saturated heterocycles. The fourth-order valence-electron chi connectivity index (χ4n) is 6.52. The van der Waals surface area contributed by atoms with Crippen molar-refractivity contribution >= 4 is 22.7 Å². The average molecular weight is 456 g/mol. The normalized spacial score (nSPS) is 27.1. The van der Waals surface area contributed by atoms with Gasteiger partial charge in [0, 0.05) is 29.1 Å². The van der Waals surface area contributed by atoms with Gasteiger partial charge in [0.15, 0.2) is 0 Å². The number of fused-ring (bicyclic) bond motifs is 4. The lowest BCUT2D eigenvalue weighted by atomic mass is 9.83. The standard InChI is InChI=1S/C29H33N3O2/c1-19-11-14-21(15-12-19)31-18-27(33)32-25(16-13-20-7-3-2-4-8-20)28-23(17-26(32)29(31)34)22-9-5-6-10-24(22)30-28/h2-10,19,21,25-26,30H,11-18H2,1H3. The Labute approximate surface area is 201 Å². The van der Waals surface area contributed by atoms with Crippen LogP contribution in [-0.2, 0) is 22.4 Å². The van der Waals surface area contributed by atoms with Crippen LogP contribution in [0.25, 0.3) is 10.9 Å². The second kappa shape index (κ2) is 8.61. The summed E-state index contributed by atoms with van der Waals surface area (Å²) in [5, 5.41) is 1.19. The minimum atomic E-state index is -0.395. The Morgan fingerprint density at radius 3 is 2.47 bits per heavy atom. The largest absolute Gasteiger partial charge is 0.356 e. The highest BCUT2D eigenvalue weighted by Crippen LogP contribution is 2.42. The maximum atomic E-state index is 13.9. The molecule has 2 aliphatic heterocycles. The maximum Gasteiger partial charge on any atom is 0.246 e. The van der Waals surface area contributed by atoms with Crippen LogP contribution in [0, 0.1) is 5.92 Å². The number of carbonyl (C=O) groups excluding carboxylic acids is 2. The van der Waals surface area contributed by atoms with E-state index in [1.807, 2.05) is 21.9 Å². The van der Waals surface area contributed by atoms with Gasteiger partial charge in [-0.2, -0.15) is 0 Å². The van der Waals surface area contributed by atoms with Crippen LogP contribution in [0.4, 0.5) is 0 Å². The highest BCUT2D eigenvalue weighted by atomic mass is 16.2. The molecule has 0 bridgehead atoms. The number of aromatic nitrogens is 1. The molecule has 2 unspecified atom stereocenters. The smallest absolute Gasteiger partial charge is 0.246 e. The first kappa shape index (κ1) is 21.5. The van der Waals surface area contributed by atoms with E-state index in [4.69, 9.17) is 0 Å². The molecule has 2 aromatic carbocycles. The molecule has 3 heterocycles. The summed E-state index contributed by atoms with van der Waals surface area (Å²) in [6, 6.07) is 18.5. The number of hydrogen-bond donors (Lipinski definition) is 1. The summed E-state index contributed by atoms with van der Waals surface area (Å²) >= 11 is 0. The van der Waals surface area contributed by atoms with Gasteiger partial charge in [0.05, 0.1) is 6.04 Å². The first-order chi connectivity index (χ1) is 16.6. The van der Waals surface area contributed by atoms with Crippen molar-refractivity contribution in [1.82, 2.24) is 14.8 Å². The molecule has 5 nitrogen and oxygen atoms in total. The summed E-state index contributed by atoms with van der Waals surface area (Å²) in [6.45, 7) is 2.52. The summed E-state index contributed by atoms with van der Waals surface area (Å²) in [7, 11) is 0. The molecular formula is C29H33N3O2. The fraction of sp³-hybridized carbons (Fsp3) is 0.448. The van der Waals surface area contributed by atoms with Crippen LogP contribution in [0.1, 0.15) is 61.9 Å². The van der Waals surface area contributed by atoms with E-state index in [9.17, 15) is 9.59 Å². The van der Waals surface area contributed by atoms with Gasteiger partial charge in [-0.15, -0.1) is 0 Å². The quantitative estimate of drug-likeness (QED) is 0.601. The van der Waals surface area contributed by atoms with Crippen LogP contribution in [0.15, 0.2) is 54.6 Å². The van der Waals surface area contributed by atoms with Crippen molar-refractivity contribution in [2.75, 3.05) is 6.54 Å². The predicted octanol–water partition coefficient (Wildman–Crippen LogP) is 5.02. The number of carbonyl (C=O) groups is 2. The lowest BCUT2D eigenvalue weighted by Gasteiger charge is -2.49. The van der Waals surface area contributed by atoms with Crippen molar-refractivity contribution in [2.45, 2.75) is 70.0 Å². The third-order valence-electron chi connectivity index (χ3n) is 8.39. The second-order valence-electron chi connectivity index (χ2n) is 10.5. The highest BCUT2D eigenvalue weighted by molar-refractivity contribution is 5.97. The van der Waals surface area contributed by atoms with Gasteiger partial charge >= 0.3 is 0 Å². The molecule has 1 N–H and O–H groups in total. The Morgan fingerprint density at radius 2 is 1.68 bits per heavy atom. The van der Waals surface area contributed by atoms with E-state index in [1.165, 1.54) is 16.5 Å². The summed E-state index contributed by atoms with van der Waals surface area (Å²) in [6.07, 6.45) is 6.60. The number of benzene rings is 2. The van der Waals surface area contributed by atoms with Crippen LogP contribution in [-0.4, -0.2) is 45.2 Å². The minimum absolute atomic E-state index is 0.102. The third-order valence-corrected chi connectivity index (χ3v) is 8.39. The molecule has 1 aliphatic carbocycles. The first-order valence-electron chi connectivity index (χ1n) is 12.8. The van der Waals surface area contributed by atoms with Gasteiger partial charge in [-0.3, -0.25) is 9.59 Å². The van der Waals surface area contributed by atoms with Crippen LogP contribution < -0.4 is 0 Å². The zero-order valence-corrected chi connectivity index (χ0v) is 19.9. The lowest BCUT2D eigenvalue weighted by Crippen LogP contribution is -2.65. The van der Waals surface area contributed by atoms with E-state index in [1.54, 1.807) is 0 Å². The summed E-state index contributed by atoms with van der Waals surface area (Å²) in [5.74, 6) is 0.972. The Hall–Kier alpha value is -3.08. The molecule has 34 heavy (non-hydrogen) atoms. The van der Waals surface area contributed by atoms with Crippen molar-refractivity contribution in [3.05, 3.63) is 71.4 Å². The zero-order valence-electron chi connectivity index (χ0n) is 19.9. The topological polar surface area (TPSA) is 56.4 Å². The lowest BCUT2D eigenvalue weighted by molar-refractivity contribution is -0.162. The van der Waals surface area contributed by atoms with Crippen molar-refractivity contribution in [1.29, 1.82) is 0 Å². The molecule has 1 aromatic heterocycles. The van der Waals surface area contributed by atoms with Crippen LogP contribution >= 0.6 is 0 Å². The van der Waals surface area contributed by atoms with Crippen molar-refractivity contribution in [2.24, 2.45) is 5.92 Å². The van der Waals surface area contributed by atoms with Crippen molar-refractivity contribution in [3.63, 3.8) is 0 Å². The van der Waals surface area contributed by atoms with Crippen LogP contribution in [0.5, 0.6) is 0 Å². The van der Waals surface area contributed by atoms with Crippen molar-refractivity contribution in [3.8, 4) is 0 Å². The Kier molecular flexibility index (Phi) is 5.43. The molecule has 2 amide bonds. The molecule has 5 heteroatoms. The predicted molar refractivity (Wildman–Crippen MR) is 133 cm³/mol. The Balaban J connectivity index is 1.36. The monoisotopic (exact) mass is 455 g/mol. The summed E-state index contributed by atoms with van der Waals surface area (Å²) < 4.78 is 0. The van der Waals surface area contributed by atoms with Gasteiger partial charge in [0.1, 0.15) is 12.6 Å². The number of amides is 2. The molecule has 1 saturated carbocycles. The number of rotatable bonds is 4. The van der Waals surface area contributed by atoms with E-state index in [2.05, 4.69) is 54.4 Å². The molecule has 3 aliphatic rings. The number of piperazine rings is 1. The fourth-order valence-corrected chi connectivity index (χ4v) is 6.52. The van der Waals surface area contributed by atoms with Gasteiger partial charge in [-0.1, -0.05) is 55.5 Å². The first-order valence-corrected chi connectivity index (χ1v) is 12.8. The second-order valence-corrected chi connectivity index (χ2v) is 10.5. The maximum absolute atomic E-state index is 13.9. The van der Waals surface area contributed by atoms with Gasteiger partial charge in [0.2, 0.25) is 11.8 Å². The van der Waals surface area contributed by atoms with Crippen molar-refractivity contribution < 1.29 is 9.59 Å². The van der Waals surface area contributed by atoms with Crippen LogP contribution in [0.3, 0.4) is 0 Å². The van der Waals surface area contributed by atoms with Crippen LogP contribution in [0.2, 0.25) is 0 Å². The molecule has 2 atom stereocenters. The number of aryl methyl sites for hydroxylation is 1. The zero-order chi connectivity index (χ0) is 23.2.